The van der Waals surface area contributed by atoms with Gasteiger partial charge >= 0.3 is 12.3 Å². The lowest BCUT2D eigenvalue weighted by atomic mass is 9.85. The topological polar surface area (TPSA) is 60.9 Å². The smallest absolute Gasteiger partial charge is 0.340 e. The number of alkyl halides is 4. The zero-order valence-corrected chi connectivity index (χ0v) is 17.4. The van der Waals surface area contributed by atoms with Crippen LogP contribution in [0.3, 0.4) is 0 Å². The highest BCUT2D eigenvalue weighted by atomic mass is 35.5. The van der Waals surface area contributed by atoms with Crippen molar-refractivity contribution in [2.24, 2.45) is 0 Å². The first-order valence-electron chi connectivity index (χ1n) is 9.77. The number of amides is 1. The van der Waals surface area contributed by atoms with Crippen LogP contribution in [0.25, 0.3) is 0 Å². The van der Waals surface area contributed by atoms with Crippen molar-refractivity contribution in [3.05, 3.63) is 58.9 Å². The normalized spacial score (nSPS) is 23.3. The molecule has 172 valence electrons. The number of carbonyl (C=O) groups is 1. The van der Waals surface area contributed by atoms with Gasteiger partial charge in [0.2, 0.25) is 0 Å². The number of ether oxygens (including phenoxy) is 3. The first kappa shape index (κ1) is 22.8. The predicted molar refractivity (Wildman–Crippen MR) is 105 cm³/mol. The number of carbonyl (C=O) groups excluding carboxylic acids is 1. The average Bonchev–Trinajstić information content (AvgIpc) is 3.22. The van der Waals surface area contributed by atoms with Gasteiger partial charge in [0, 0.05) is 24.7 Å². The van der Waals surface area contributed by atoms with E-state index in [4.69, 9.17) is 25.8 Å². The zero-order valence-electron chi connectivity index (χ0n) is 16.6. The van der Waals surface area contributed by atoms with Crippen molar-refractivity contribution >= 4 is 17.5 Å². The number of benzene rings is 1. The van der Waals surface area contributed by atoms with E-state index >= 15 is 0 Å². The van der Waals surface area contributed by atoms with Crippen molar-refractivity contribution in [2.75, 3.05) is 26.5 Å². The Morgan fingerprint density at radius 1 is 1.34 bits per heavy atom. The summed E-state index contributed by atoms with van der Waals surface area (Å²) in [5, 5.41) is -0.138. The van der Waals surface area contributed by atoms with Crippen LogP contribution in [0.2, 0.25) is 5.02 Å². The number of nitrogens with zero attached hydrogens (tertiary/aromatic N) is 2. The number of pyridine rings is 1. The first-order chi connectivity index (χ1) is 15.2. The Labute approximate surface area is 186 Å². The second-order valence-corrected chi connectivity index (χ2v) is 7.93. The molecule has 32 heavy (non-hydrogen) atoms. The highest BCUT2D eigenvalue weighted by Gasteiger charge is 2.52. The zero-order chi connectivity index (χ0) is 22.9. The molecule has 11 heteroatoms. The molecule has 0 N–H and O–H groups in total. The van der Waals surface area contributed by atoms with Gasteiger partial charge < -0.3 is 19.1 Å². The van der Waals surface area contributed by atoms with E-state index in [-0.39, 0.29) is 35.6 Å². The Bertz CT molecular complexity index is 982. The molecule has 2 aliphatic rings. The largest absolute Gasteiger partial charge is 0.486 e. The lowest BCUT2D eigenvalue weighted by Gasteiger charge is -2.41. The molecule has 0 spiro atoms. The minimum atomic E-state index is -4.31. The van der Waals surface area contributed by atoms with Crippen LogP contribution in [0.1, 0.15) is 22.5 Å². The monoisotopic (exact) mass is 474 g/mol. The molecule has 1 unspecified atom stereocenters. The summed E-state index contributed by atoms with van der Waals surface area (Å²) in [6, 6.07) is 9.32. The molecule has 6 nitrogen and oxygen atoms in total. The molecule has 1 aromatic carbocycles. The van der Waals surface area contributed by atoms with Gasteiger partial charge in [-0.1, -0.05) is 17.7 Å². The molecule has 4 rings (SSSR count). The van der Waals surface area contributed by atoms with E-state index in [1.165, 1.54) is 18.2 Å². The summed E-state index contributed by atoms with van der Waals surface area (Å²) >= 11 is 6.03. The number of hydrogen-bond acceptors (Lipinski definition) is 5. The first-order valence-corrected chi connectivity index (χ1v) is 10.2. The molecule has 0 saturated carbocycles. The minimum absolute atomic E-state index is 0.0877. The lowest BCUT2D eigenvalue weighted by molar-refractivity contribution is -0.148. The summed E-state index contributed by atoms with van der Waals surface area (Å²) in [6.07, 6.45) is -2.13. The van der Waals surface area contributed by atoms with Gasteiger partial charge in [-0.3, -0.25) is 9.78 Å². The molecule has 2 fully saturated rings. The van der Waals surface area contributed by atoms with Gasteiger partial charge in [0.05, 0.1) is 17.3 Å². The molecule has 0 aliphatic carbocycles. The Hall–Kier alpha value is -2.43. The fourth-order valence-electron chi connectivity index (χ4n) is 3.81. The highest BCUT2D eigenvalue weighted by molar-refractivity contribution is 6.32. The van der Waals surface area contributed by atoms with Crippen LogP contribution in [-0.4, -0.2) is 60.7 Å². The molecular formula is C21H19ClF4N2O4. The van der Waals surface area contributed by atoms with Gasteiger partial charge in [-0.2, -0.15) is 8.78 Å². The number of fused-ring (bicyclic) bond motifs is 1. The van der Waals surface area contributed by atoms with Crippen molar-refractivity contribution in [1.29, 1.82) is 0 Å². The molecule has 0 radical (unpaired) electrons. The third kappa shape index (κ3) is 4.26. The molecule has 3 heterocycles. The van der Waals surface area contributed by atoms with E-state index in [1.807, 2.05) is 12.1 Å². The Balaban J connectivity index is 1.45. The highest BCUT2D eigenvalue weighted by Crippen LogP contribution is 2.42. The van der Waals surface area contributed by atoms with Crippen LogP contribution in [0.4, 0.5) is 17.6 Å². The van der Waals surface area contributed by atoms with Crippen LogP contribution < -0.4 is 4.74 Å². The number of halogens is 5. The fraction of sp³-hybridized carbons (Fsp3) is 0.429. The summed E-state index contributed by atoms with van der Waals surface area (Å²) in [6.45, 7) is -0.819. The van der Waals surface area contributed by atoms with Crippen molar-refractivity contribution in [3.8, 4) is 5.75 Å². The summed E-state index contributed by atoms with van der Waals surface area (Å²) in [7, 11) is 0. The van der Waals surface area contributed by atoms with Crippen molar-refractivity contribution in [1.82, 2.24) is 9.88 Å². The average molecular weight is 475 g/mol. The van der Waals surface area contributed by atoms with Gasteiger partial charge in [-0.15, -0.1) is 0 Å². The number of aromatic nitrogens is 1. The third-order valence-electron chi connectivity index (χ3n) is 5.55. The van der Waals surface area contributed by atoms with E-state index in [0.29, 0.717) is 13.0 Å². The number of rotatable bonds is 6. The third-order valence-corrected chi connectivity index (χ3v) is 5.84. The SMILES string of the molecule is O=C(c1ccc(OCC(F)(F)C(F)F)c(Cl)c1)N1CC[C@]2(c3ccccn3)OCOC2C1. The maximum atomic E-state index is 13.1. The minimum Gasteiger partial charge on any atom is -0.486 e. The van der Waals surface area contributed by atoms with E-state index in [2.05, 4.69) is 4.98 Å². The van der Waals surface area contributed by atoms with E-state index in [1.54, 1.807) is 17.2 Å². The van der Waals surface area contributed by atoms with Crippen molar-refractivity contribution in [2.45, 2.75) is 30.5 Å². The van der Waals surface area contributed by atoms with Crippen molar-refractivity contribution < 1.29 is 36.6 Å². The van der Waals surface area contributed by atoms with Crippen LogP contribution >= 0.6 is 11.6 Å². The number of piperidine rings is 1. The van der Waals surface area contributed by atoms with Gasteiger partial charge in [0.15, 0.2) is 6.61 Å². The summed E-state index contributed by atoms with van der Waals surface area (Å²) < 4.78 is 67.1. The fourth-order valence-corrected chi connectivity index (χ4v) is 4.04. The molecule has 2 saturated heterocycles. The van der Waals surface area contributed by atoms with Gasteiger partial charge in [-0.25, -0.2) is 8.78 Å². The van der Waals surface area contributed by atoms with Gasteiger partial charge in [0.25, 0.3) is 5.91 Å². The number of hydrogen-bond donors (Lipinski definition) is 0. The molecule has 1 amide bonds. The Morgan fingerprint density at radius 2 is 2.16 bits per heavy atom. The van der Waals surface area contributed by atoms with E-state index in [0.717, 1.165) is 5.69 Å². The summed E-state index contributed by atoms with van der Waals surface area (Å²) in [5.74, 6) is -4.87. The predicted octanol–water partition coefficient (Wildman–Crippen LogP) is 4.13. The molecule has 2 aromatic rings. The standard InChI is InChI=1S/C21H19ClF4N2O4/c22-14-9-13(4-5-15(14)30-11-21(25,26)19(23)24)18(29)28-8-6-20(16-3-1-2-7-27-16)17(10-28)31-12-32-20/h1-5,7,9,17,19H,6,8,10-12H2/t17?,20-/m1/s1. The molecule has 2 atom stereocenters. The lowest BCUT2D eigenvalue weighted by Crippen LogP contribution is -2.53. The maximum absolute atomic E-state index is 13.1. The van der Waals surface area contributed by atoms with E-state index < -0.39 is 30.7 Å². The molecular weight excluding hydrogens is 456 g/mol. The molecule has 1 aromatic heterocycles. The van der Waals surface area contributed by atoms with Crippen LogP contribution in [0.15, 0.2) is 42.6 Å². The van der Waals surface area contributed by atoms with Crippen LogP contribution in [0.5, 0.6) is 5.75 Å². The van der Waals surface area contributed by atoms with Gasteiger partial charge in [0.1, 0.15) is 24.2 Å². The maximum Gasteiger partial charge on any atom is 0.340 e. The van der Waals surface area contributed by atoms with Crippen LogP contribution in [0, 0.1) is 0 Å². The quantitative estimate of drug-likeness (QED) is 0.589. The van der Waals surface area contributed by atoms with E-state index in [9.17, 15) is 22.4 Å². The summed E-state index contributed by atoms with van der Waals surface area (Å²) in [5.41, 5.74) is 0.204. The summed E-state index contributed by atoms with van der Waals surface area (Å²) in [4.78, 5) is 19.0. The van der Waals surface area contributed by atoms with Crippen molar-refractivity contribution in [3.63, 3.8) is 0 Å². The second-order valence-electron chi connectivity index (χ2n) is 7.52. The second kappa shape index (κ2) is 8.84. The Kier molecular flexibility index (Phi) is 6.28. The van der Waals surface area contributed by atoms with Gasteiger partial charge in [-0.05, 0) is 30.3 Å². The van der Waals surface area contributed by atoms with Crippen LogP contribution in [-0.2, 0) is 15.1 Å². The Morgan fingerprint density at radius 3 is 2.84 bits per heavy atom. The molecule has 0 bridgehead atoms. The molecule has 2 aliphatic heterocycles. The number of likely N-dealkylation sites (tertiary alicyclic amines) is 1.